The van der Waals surface area contributed by atoms with Gasteiger partial charge in [0.1, 0.15) is 0 Å². The Kier molecular flexibility index (Phi) is 6.51. The number of nitrogens with one attached hydrogen (secondary N) is 1. The Bertz CT molecular complexity index is 336. The van der Waals surface area contributed by atoms with Crippen molar-refractivity contribution in [3.05, 3.63) is 42.2 Å². The van der Waals surface area contributed by atoms with Gasteiger partial charge in [-0.05, 0) is 43.4 Å². The summed E-state index contributed by atoms with van der Waals surface area (Å²) < 4.78 is 0. The number of hydrogen-bond donors (Lipinski definition) is 2. The van der Waals surface area contributed by atoms with E-state index in [-0.39, 0.29) is 6.04 Å². The van der Waals surface area contributed by atoms with Gasteiger partial charge in [0.25, 0.3) is 0 Å². The van der Waals surface area contributed by atoms with Gasteiger partial charge in [-0.25, -0.2) is 0 Å². The number of pyridine rings is 1. The Morgan fingerprint density at radius 2 is 2.29 bits per heavy atom. The van der Waals surface area contributed by atoms with E-state index in [4.69, 9.17) is 5.84 Å². The maximum absolute atomic E-state index is 5.62. The molecule has 0 saturated heterocycles. The highest BCUT2D eigenvalue weighted by Gasteiger charge is 2.11. The zero-order valence-corrected chi connectivity index (χ0v) is 10.7. The lowest BCUT2D eigenvalue weighted by atomic mass is 9.98. The summed E-state index contributed by atoms with van der Waals surface area (Å²) in [6.07, 6.45) is 11.5. The van der Waals surface area contributed by atoms with Crippen LogP contribution in [0, 0.1) is 6.92 Å². The van der Waals surface area contributed by atoms with E-state index in [2.05, 4.69) is 23.9 Å². The van der Waals surface area contributed by atoms with Crippen molar-refractivity contribution in [2.45, 2.75) is 45.1 Å². The largest absolute Gasteiger partial charge is 0.271 e. The van der Waals surface area contributed by atoms with Crippen LogP contribution in [-0.4, -0.2) is 4.98 Å². The van der Waals surface area contributed by atoms with Gasteiger partial charge >= 0.3 is 0 Å². The quantitative estimate of drug-likeness (QED) is 0.314. The lowest BCUT2D eigenvalue weighted by Crippen LogP contribution is -2.28. The van der Waals surface area contributed by atoms with E-state index in [0.29, 0.717) is 0 Å². The summed E-state index contributed by atoms with van der Waals surface area (Å²) in [6.45, 7) is 5.82. The minimum absolute atomic E-state index is 0.215. The van der Waals surface area contributed by atoms with Crippen LogP contribution in [0.3, 0.4) is 0 Å². The second-order valence-corrected chi connectivity index (χ2v) is 4.38. The third kappa shape index (κ3) is 4.67. The van der Waals surface area contributed by atoms with Crippen LogP contribution in [0.1, 0.15) is 49.3 Å². The normalized spacial score (nSPS) is 12.4. The summed E-state index contributed by atoms with van der Waals surface area (Å²) in [7, 11) is 0. The van der Waals surface area contributed by atoms with Gasteiger partial charge in [0.05, 0.1) is 0 Å². The van der Waals surface area contributed by atoms with Crippen LogP contribution in [0.4, 0.5) is 0 Å². The smallest absolute Gasteiger partial charge is 0.0477 e. The van der Waals surface area contributed by atoms with Crippen LogP contribution in [-0.2, 0) is 0 Å². The number of aromatic nitrogens is 1. The third-order valence-electron chi connectivity index (χ3n) is 3.06. The van der Waals surface area contributed by atoms with Crippen molar-refractivity contribution in [3.63, 3.8) is 0 Å². The number of rotatable bonds is 8. The molecule has 3 heteroatoms. The highest BCUT2D eigenvalue weighted by atomic mass is 15.2. The van der Waals surface area contributed by atoms with E-state index >= 15 is 0 Å². The van der Waals surface area contributed by atoms with Crippen LogP contribution in [0.25, 0.3) is 0 Å². The van der Waals surface area contributed by atoms with Crippen LogP contribution >= 0.6 is 0 Å². The highest BCUT2D eigenvalue weighted by molar-refractivity contribution is 5.24. The summed E-state index contributed by atoms with van der Waals surface area (Å²) >= 11 is 0. The fraction of sp³-hybridized carbons (Fsp3) is 0.500. The first kappa shape index (κ1) is 13.9. The monoisotopic (exact) mass is 233 g/mol. The van der Waals surface area contributed by atoms with Crippen molar-refractivity contribution in [1.82, 2.24) is 10.4 Å². The first-order valence-electron chi connectivity index (χ1n) is 6.27. The SMILES string of the molecule is C=CCCCCCC(NN)c1cnccc1C. The van der Waals surface area contributed by atoms with Gasteiger partial charge in [-0.15, -0.1) is 6.58 Å². The summed E-state index contributed by atoms with van der Waals surface area (Å²) in [6, 6.07) is 2.24. The van der Waals surface area contributed by atoms with Gasteiger partial charge in [-0.3, -0.25) is 16.3 Å². The van der Waals surface area contributed by atoms with Crippen molar-refractivity contribution < 1.29 is 0 Å². The second kappa shape index (κ2) is 7.98. The molecule has 0 aliphatic rings. The average molecular weight is 233 g/mol. The van der Waals surface area contributed by atoms with Gasteiger partial charge in [0.15, 0.2) is 0 Å². The van der Waals surface area contributed by atoms with E-state index < -0.39 is 0 Å². The predicted molar refractivity (Wildman–Crippen MR) is 72.3 cm³/mol. The highest BCUT2D eigenvalue weighted by Crippen LogP contribution is 2.21. The van der Waals surface area contributed by atoms with Crippen molar-refractivity contribution in [3.8, 4) is 0 Å². The van der Waals surface area contributed by atoms with Gasteiger partial charge in [0, 0.05) is 18.4 Å². The van der Waals surface area contributed by atoms with Crippen molar-refractivity contribution in [2.75, 3.05) is 0 Å². The molecular weight excluding hydrogens is 210 g/mol. The molecule has 0 fully saturated rings. The van der Waals surface area contributed by atoms with E-state index in [0.717, 1.165) is 12.8 Å². The standard InChI is InChI=1S/C14H23N3/c1-3-4-5-6-7-8-14(17-15)13-11-16-10-9-12(13)2/h3,9-11,14,17H,1,4-8,15H2,2H3. The fourth-order valence-electron chi connectivity index (χ4n) is 1.98. The zero-order chi connectivity index (χ0) is 12.5. The molecular formula is C14H23N3. The molecule has 17 heavy (non-hydrogen) atoms. The molecule has 0 aromatic carbocycles. The first-order chi connectivity index (χ1) is 8.29. The van der Waals surface area contributed by atoms with E-state index in [1.165, 1.54) is 30.4 Å². The summed E-state index contributed by atoms with van der Waals surface area (Å²) in [5.41, 5.74) is 5.34. The molecule has 1 aromatic rings. The number of allylic oxidation sites excluding steroid dienone is 1. The van der Waals surface area contributed by atoms with Gasteiger partial charge in [-0.2, -0.15) is 0 Å². The maximum Gasteiger partial charge on any atom is 0.0477 e. The molecule has 94 valence electrons. The number of nitrogens with zero attached hydrogens (tertiary/aromatic N) is 1. The molecule has 3 N–H and O–H groups in total. The molecule has 1 unspecified atom stereocenters. The van der Waals surface area contributed by atoms with E-state index in [1.54, 1.807) is 0 Å². The molecule has 0 bridgehead atoms. The fourth-order valence-corrected chi connectivity index (χ4v) is 1.98. The molecule has 0 spiro atoms. The minimum Gasteiger partial charge on any atom is -0.271 e. The van der Waals surface area contributed by atoms with Crippen molar-refractivity contribution in [2.24, 2.45) is 5.84 Å². The Balaban J connectivity index is 2.43. The second-order valence-electron chi connectivity index (χ2n) is 4.38. The predicted octanol–water partition coefficient (Wildman–Crippen LogP) is 3.03. The molecule has 0 aliphatic carbocycles. The van der Waals surface area contributed by atoms with Crippen LogP contribution < -0.4 is 11.3 Å². The van der Waals surface area contributed by atoms with Crippen LogP contribution in [0.2, 0.25) is 0 Å². The molecule has 1 atom stereocenters. The Hall–Kier alpha value is -1.19. The van der Waals surface area contributed by atoms with Crippen molar-refractivity contribution >= 4 is 0 Å². The molecule has 0 amide bonds. The number of hydrazine groups is 1. The average Bonchev–Trinajstić information content (AvgIpc) is 2.35. The first-order valence-corrected chi connectivity index (χ1v) is 6.27. The van der Waals surface area contributed by atoms with E-state index in [1.807, 2.05) is 24.5 Å². The number of unbranched alkanes of at least 4 members (excludes halogenated alkanes) is 3. The lowest BCUT2D eigenvalue weighted by Gasteiger charge is -2.17. The van der Waals surface area contributed by atoms with Gasteiger partial charge < -0.3 is 0 Å². The summed E-state index contributed by atoms with van der Waals surface area (Å²) in [5, 5.41) is 0. The molecule has 1 rings (SSSR count). The topological polar surface area (TPSA) is 50.9 Å². The molecule has 0 aliphatic heterocycles. The number of aryl methyl sites for hydroxylation is 1. The van der Waals surface area contributed by atoms with Crippen LogP contribution in [0.15, 0.2) is 31.1 Å². The maximum atomic E-state index is 5.62. The number of nitrogens with two attached hydrogens (primary N) is 1. The van der Waals surface area contributed by atoms with Gasteiger partial charge in [0.2, 0.25) is 0 Å². The molecule has 3 nitrogen and oxygen atoms in total. The molecule has 1 aromatic heterocycles. The van der Waals surface area contributed by atoms with Gasteiger partial charge in [-0.1, -0.05) is 18.9 Å². The van der Waals surface area contributed by atoms with E-state index in [9.17, 15) is 0 Å². The molecule has 0 radical (unpaired) electrons. The minimum atomic E-state index is 0.215. The molecule has 0 saturated carbocycles. The summed E-state index contributed by atoms with van der Waals surface area (Å²) in [4.78, 5) is 4.16. The Morgan fingerprint density at radius 1 is 1.47 bits per heavy atom. The Labute approximate surface area is 104 Å². The molecule has 1 heterocycles. The lowest BCUT2D eigenvalue weighted by molar-refractivity contribution is 0.481. The van der Waals surface area contributed by atoms with Crippen molar-refractivity contribution in [1.29, 1.82) is 0 Å². The number of hydrogen-bond acceptors (Lipinski definition) is 3. The van der Waals surface area contributed by atoms with Crippen LogP contribution in [0.5, 0.6) is 0 Å². The third-order valence-corrected chi connectivity index (χ3v) is 3.06. The summed E-state index contributed by atoms with van der Waals surface area (Å²) in [5.74, 6) is 5.62. The zero-order valence-electron chi connectivity index (χ0n) is 10.7. The Morgan fingerprint density at radius 3 is 2.94 bits per heavy atom.